The van der Waals surface area contributed by atoms with E-state index in [0.29, 0.717) is 18.0 Å². The number of hydrogen-bond acceptors (Lipinski definition) is 4. The Labute approximate surface area is 139 Å². The third kappa shape index (κ3) is 6.19. The molecule has 2 aromatic rings. The number of thiocarbonyl (C=S) groups is 1. The molecule has 0 atom stereocenters. The van der Waals surface area contributed by atoms with Crippen molar-refractivity contribution in [1.82, 2.24) is 21.2 Å². The summed E-state index contributed by atoms with van der Waals surface area (Å²) in [6.45, 7) is 0.732. The van der Waals surface area contributed by atoms with Crippen LogP contribution >= 0.6 is 23.6 Å². The molecule has 7 heteroatoms. The molecule has 22 heavy (non-hydrogen) atoms. The molecule has 0 saturated carbocycles. The second-order valence-corrected chi connectivity index (χ2v) is 6.02. The Morgan fingerprint density at radius 2 is 2.09 bits per heavy atom. The van der Waals surface area contributed by atoms with E-state index in [9.17, 15) is 4.79 Å². The monoisotopic (exact) mass is 334 g/mol. The van der Waals surface area contributed by atoms with E-state index in [1.165, 1.54) is 4.88 Å². The molecule has 0 aromatic carbocycles. The Morgan fingerprint density at radius 1 is 1.18 bits per heavy atom. The van der Waals surface area contributed by atoms with Crippen molar-refractivity contribution in [3.63, 3.8) is 0 Å². The molecular formula is C15H18N4OS2. The average Bonchev–Trinajstić information content (AvgIpc) is 3.05. The molecule has 0 aliphatic heterocycles. The quantitative estimate of drug-likeness (QED) is 0.555. The molecule has 2 heterocycles. The number of aromatic nitrogens is 1. The summed E-state index contributed by atoms with van der Waals surface area (Å²) < 4.78 is 0. The number of rotatable bonds is 6. The highest BCUT2D eigenvalue weighted by Gasteiger charge is 2.03. The highest BCUT2D eigenvalue weighted by atomic mass is 32.1. The number of pyridine rings is 1. The average molecular weight is 334 g/mol. The van der Waals surface area contributed by atoms with Gasteiger partial charge in [0, 0.05) is 29.7 Å². The molecule has 2 aromatic heterocycles. The normalized spacial score (nSPS) is 10.0. The molecule has 0 aliphatic carbocycles. The van der Waals surface area contributed by atoms with E-state index in [1.54, 1.807) is 17.5 Å². The molecule has 0 fully saturated rings. The number of nitrogens with zero attached hydrogens (tertiary/aromatic N) is 1. The lowest BCUT2D eigenvalue weighted by Gasteiger charge is -2.11. The topological polar surface area (TPSA) is 66.0 Å². The zero-order chi connectivity index (χ0) is 15.6. The van der Waals surface area contributed by atoms with E-state index in [0.717, 1.165) is 18.7 Å². The predicted molar refractivity (Wildman–Crippen MR) is 92.5 cm³/mol. The van der Waals surface area contributed by atoms with E-state index < -0.39 is 0 Å². The number of hydrogen-bond donors (Lipinski definition) is 3. The summed E-state index contributed by atoms with van der Waals surface area (Å²) >= 11 is 6.82. The van der Waals surface area contributed by atoms with E-state index in [1.807, 2.05) is 29.6 Å². The molecule has 0 saturated heterocycles. The highest BCUT2D eigenvalue weighted by molar-refractivity contribution is 7.80. The zero-order valence-corrected chi connectivity index (χ0v) is 13.7. The summed E-state index contributed by atoms with van der Waals surface area (Å²) in [4.78, 5) is 17.2. The van der Waals surface area contributed by atoms with Gasteiger partial charge in [-0.3, -0.25) is 20.6 Å². The van der Waals surface area contributed by atoms with Crippen LogP contribution in [0.1, 0.15) is 17.0 Å². The Bertz CT molecular complexity index is 587. The molecule has 1 amide bonds. The van der Waals surface area contributed by atoms with Crippen molar-refractivity contribution in [3.05, 3.63) is 52.5 Å². The second kappa shape index (κ2) is 9.11. The smallest absolute Gasteiger partial charge is 0.238 e. The summed E-state index contributed by atoms with van der Waals surface area (Å²) in [5.41, 5.74) is 6.18. The molecule has 3 N–H and O–H groups in total. The third-order valence-electron chi connectivity index (χ3n) is 2.89. The van der Waals surface area contributed by atoms with Crippen LogP contribution in [0.15, 0.2) is 41.9 Å². The van der Waals surface area contributed by atoms with Crippen LogP contribution in [0.3, 0.4) is 0 Å². The van der Waals surface area contributed by atoms with Crippen LogP contribution in [-0.2, 0) is 17.6 Å². The highest BCUT2D eigenvalue weighted by Crippen LogP contribution is 2.07. The van der Waals surface area contributed by atoms with Crippen molar-refractivity contribution in [2.45, 2.75) is 19.3 Å². The second-order valence-electron chi connectivity index (χ2n) is 4.58. The Morgan fingerprint density at radius 3 is 2.82 bits per heavy atom. The van der Waals surface area contributed by atoms with Crippen LogP contribution in [0.2, 0.25) is 0 Å². The lowest BCUT2D eigenvalue weighted by atomic mass is 10.2. The summed E-state index contributed by atoms with van der Waals surface area (Å²) in [6, 6.07) is 9.77. The van der Waals surface area contributed by atoms with Crippen LogP contribution in [-0.4, -0.2) is 22.5 Å². The van der Waals surface area contributed by atoms with Gasteiger partial charge in [-0.15, -0.1) is 11.3 Å². The minimum absolute atomic E-state index is 0.118. The molecule has 0 radical (unpaired) electrons. The fourth-order valence-electron chi connectivity index (χ4n) is 1.77. The maximum absolute atomic E-state index is 11.7. The van der Waals surface area contributed by atoms with Gasteiger partial charge in [-0.1, -0.05) is 12.1 Å². The van der Waals surface area contributed by atoms with Crippen molar-refractivity contribution in [2.24, 2.45) is 0 Å². The van der Waals surface area contributed by atoms with Gasteiger partial charge < -0.3 is 5.32 Å². The van der Waals surface area contributed by atoms with E-state index in [2.05, 4.69) is 27.2 Å². The molecule has 0 aliphatic rings. The van der Waals surface area contributed by atoms with Crippen LogP contribution < -0.4 is 16.2 Å². The first-order valence-electron chi connectivity index (χ1n) is 6.99. The van der Waals surface area contributed by atoms with Crippen molar-refractivity contribution in [3.8, 4) is 0 Å². The summed E-state index contributed by atoms with van der Waals surface area (Å²) in [5.74, 6) is -0.118. The Balaban J connectivity index is 1.56. The summed E-state index contributed by atoms with van der Waals surface area (Å²) in [7, 11) is 0. The maximum atomic E-state index is 11.7. The predicted octanol–water partition coefficient (Wildman–Crippen LogP) is 1.81. The standard InChI is InChI=1S/C15H18N4OS2/c20-14(7-6-12-4-1-2-9-16-12)18-19-15(21)17-10-8-13-5-3-11-22-13/h1-5,9,11H,6-8,10H2,(H,18,20)(H2,17,19,21). The number of nitrogens with one attached hydrogen (secondary N) is 3. The first-order valence-corrected chi connectivity index (χ1v) is 8.28. The fraction of sp³-hybridized carbons (Fsp3) is 0.267. The van der Waals surface area contributed by atoms with E-state index >= 15 is 0 Å². The van der Waals surface area contributed by atoms with Gasteiger partial charge in [0.05, 0.1) is 0 Å². The van der Waals surface area contributed by atoms with Crippen molar-refractivity contribution in [2.75, 3.05) is 6.54 Å². The van der Waals surface area contributed by atoms with Gasteiger partial charge in [-0.2, -0.15) is 0 Å². The minimum Gasteiger partial charge on any atom is -0.361 e. The largest absolute Gasteiger partial charge is 0.361 e. The summed E-state index contributed by atoms with van der Waals surface area (Å²) in [5, 5.41) is 5.52. The molecule has 5 nitrogen and oxygen atoms in total. The van der Waals surface area contributed by atoms with Crippen molar-refractivity contribution in [1.29, 1.82) is 0 Å². The van der Waals surface area contributed by atoms with Gasteiger partial charge in [-0.25, -0.2) is 0 Å². The fourth-order valence-corrected chi connectivity index (χ4v) is 2.64. The molecule has 116 valence electrons. The minimum atomic E-state index is -0.118. The van der Waals surface area contributed by atoms with E-state index in [-0.39, 0.29) is 5.91 Å². The summed E-state index contributed by atoms with van der Waals surface area (Å²) in [6.07, 6.45) is 3.60. The number of aryl methyl sites for hydroxylation is 1. The number of hydrazine groups is 1. The number of carbonyl (C=O) groups excluding carboxylic acids is 1. The number of thiophene rings is 1. The molecular weight excluding hydrogens is 316 g/mol. The Kier molecular flexibility index (Phi) is 6.79. The first-order chi connectivity index (χ1) is 10.7. The van der Waals surface area contributed by atoms with E-state index in [4.69, 9.17) is 12.2 Å². The zero-order valence-electron chi connectivity index (χ0n) is 12.0. The third-order valence-corrected chi connectivity index (χ3v) is 4.07. The molecule has 0 spiro atoms. The van der Waals surface area contributed by atoms with Gasteiger partial charge in [0.1, 0.15) is 0 Å². The van der Waals surface area contributed by atoms with Crippen molar-refractivity contribution >= 4 is 34.6 Å². The maximum Gasteiger partial charge on any atom is 0.238 e. The van der Waals surface area contributed by atoms with Crippen LogP contribution in [0, 0.1) is 0 Å². The van der Waals surface area contributed by atoms with Gasteiger partial charge in [0.2, 0.25) is 5.91 Å². The van der Waals surface area contributed by atoms with Gasteiger partial charge >= 0.3 is 0 Å². The first kappa shape index (κ1) is 16.4. The molecule has 0 bridgehead atoms. The van der Waals surface area contributed by atoms with Gasteiger partial charge in [-0.05, 0) is 48.6 Å². The van der Waals surface area contributed by atoms with Crippen LogP contribution in [0.5, 0.6) is 0 Å². The molecule has 0 unspecified atom stereocenters. The molecule has 2 rings (SSSR count). The SMILES string of the molecule is O=C(CCc1ccccn1)NNC(=S)NCCc1cccs1. The lowest BCUT2D eigenvalue weighted by molar-refractivity contribution is -0.121. The van der Waals surface area contributed by atoms with Crippen molar-refractivity contribution < 1.29 is 4.79 Å². The van der Waals surface area contributed by atoms with Gasteiger partial charge in [0.25, 0.3) is 0 Å². The lowest BCUT2D eigenvalue weighted by Crippen LogP contribution is -2.47. The number of amides is 1. The Hall–Kier alpha value is -1.99. The van der Waals surface area contributed by atoms with Crippen LogP contribution in [0.4, 0.5) is 0 Å². The number of carbonyl (C=O) groups is 1. The van der Waals surface area contributed by atoms with Gasteiger partial charge in [0.15, 0.2) is 5.11 Å². The van der Waals surface area contributed by atoms with Crippen LogP contribution in [0.25, 0.3) is 0 Å².